The SMILES string of the molecule is COc1ccc(C(NC(=O)OCC2c3ccccc3-c3ccccc32)c2ccc(OCC(=O)NCCO)cc2)c(OC)c1. The summed E-state index contributed by atoms with van der Waals surface area (Å²) in [5.41, 5.74) is 6.02. The molecule has 4 aromatic rings. The number of methoxy groups -OCH3 is 2. The Kier molecular flexibility index (Phi) is 9.43. The fourth-order valence-electron chi connectivity index (χ4n) is 5.31. The second kappa shape index (κ2) is 13.8. The summed E-state index contributed by atoms with van der Waals surface area (Å²) in [6.45, 7) is 0.00585. The summed E-state index contributed by atoms with van der Waals surface area (Å²) in [4.78, 5) is 25.2. The predicted octanol–water partition coefficient (Wildman–Crippen LogP) is 4.82. The van der Waals surface area contributed by atoms with Crippen molar-refractivity contribution in [2.24, 2.45) is 0 Å². The van der Waals surface area contributed by atoms with Gasteiger partial charge < -0.3 is 34.7 Å². The molecule has 0 fully saturated rings. The van der Waals surface area contributed by atoms with E-state index in [1.807, 2.05) is 30.3 Å². The molecule has 9 heteroatoms. The minimum atomic E-state index is -0.626. The molecule has 222 valence electrons. The van der Waals surface area contributed by atoms with Crippen LogP contribution in [0, 0.1) is 0 Å². The highest BCUT2D eigenvalue weighted by atomic mass is 16.5. The number of aliphatic hydroxyl groups is 1. The molecular formula is C34H34N2O7. The summed E-state index contributed by atoms with van der Waals surface area (Å²) in [6.07, 6.45) is -0.578. The lowest BCUT2D eigenvalue weighted by atomic mass is 9.97. The van der Waals surface area contributed by atoms with Crippen LogP contribution < -0.4 is 24.8 Å². The zero-order valence-corrected chi connectivity index (χ0v) is 24.0. The zero-order chi connectivity index (χ0) is 30.2. The first-order valence-corrected chi connectivity index (χ1v) is 14.0. The number of fused-ring (bicyclic) bond motifs is 3. The summed E-state index contributed by atoms with van der Waals surface area (Å²) < 4.78 is 22.4. The number of carbonyl (C=O) groups is 2. The Morgan fingerprint density at radius 1 is 0.837 bits per heavy atom. The van der Waals surface area contributed by atoms with Crippen molar-refractivity contribution in [2.45, 2.75) is 12.0 Å². The Hall–Kier alpha value is -5.02. The van der Waals surface area contributed by atoms with Gasteiger partial charge in [-0.25, -0.2) is 4.79 Å². The topological polar surface area (TPSA) is 115 Å². The van der Waals surface area contributed by atoms with Crippen LogP contribution in [0.25, 0.3) is 11.1 Å². The van der Waals surface area contributed by atoms with Crippen molar-refractivity contribution < 1.29 is 33.6 Å². The maximum atomic E-state index is 13.3. The molecular weight excluding hydrogens is 548 g/mol. The number of amides is 2. The van der Waals surface area contributed by atoms with Gasteiger partial charge in [-0.3, -0.25) is 4.79 Å². The van der Waals surface area contributed by atoms with Crippen LogP contribution in [-0.4, -0.2) is 57.7 Å². The van der Waals surface area contributed by atoms with Crippen molar-refractivity contribution >= 4 is 12.0 Å². The molecule has 9 nitrogen and oxygen atoms in total. The van der Waals surface area contributed by atoms with E-state index >= 15 is 0 Å². The molecule has 43 heavy (non-hydrogen) atoms. The molecule has 0 spiro atoms. The van der Waals surface area contributed by atoms with Crippen molar-refractivity contribution in [1.29, 1.82) is 0 Å². The van der Waals surface area contributed by atoms with Gasteiger partial charge in [0, 0.05) is 24.1 Å². The maximum Gasteiger partial charge on any atom is 0.407 e. The molecule has 1 aliphatic rings. The van der Waals surface area contributed by atoms with Gasteiger partial charge in [0.25, 0.3) is 5.91 Å². The van der Waals surface area contributed by atoms with Gasteiger partial charge in [-0.15, -0.1) is 0 Å². The molecule has 1 atom stereocenters. The first-order valence-electron chi connectivity index (χ1n) is 14.0. The number of hydrogen-bond acceptors (Lipinski definition) is 7. The molecule has 1 unspecified atom stereocenters. The molecule has 0 radical (unpaired) electrons. The number of nitrogens with one attached hydrogen (secondary N) is 2. The zero-order valence-electron chi connectivity index (χ0n) is 24.0. The Balaban J connectivity index is 1.35. The Morgan fingerprint density at radius 3 is 2.12 bits per heavy atom. The number of carbonyl (C=O) groups excluding carboxylic acids is 2. The highest BCUT2D eigenvalue weighted by Crippen LogP contribution is 2.44. The van der Waals surface area contributed by atoms with Crippen LogP contribution in [0.2, 0.25) is 0 Å². The van der Waals surface area contributed by atoms with Crippen molar-refractivity contribution in [3.05, 3.63) is 113 Å². The highest BCUT2D eigenvalue weighted by Gasteiger charge is 2.30. The normalized spacial score (nSPS) is 12.4. The largest absolute Gasteiger partial charge is 0.497 e. The summed E-state index contributed by atoms with van der Waals surface area (Å²) in [7, 11) is 3.13. The molecule has 0 aliphatic heterocycles. The standard InChI is InChI=1S/C34H34N2O7/c1-40-24-15-16-29(31(19-24)41-2)33(22-11-13-23(14-12-22)42-21-32(38)35-17-18-37)36-34(39)43-20-30-27-9-5-3-7-25(27)26-8-4-6-10-28(26)30/h3-16,19,30,33,37H,17-18,20-21H2,1-2H3,(H,35,38)(H,36,39). The van der Waals surface area contributed by atoms with Gasteiger partial charge in [-0.1, -0.05) is 60.7 Å². The summed E-state index contributed by atoms with van der Waals surface area (Å²) in [5.74, 6) is 1.21. The van der Waals surface area contributed by atoms with Gasteiger partial charge in [0.05, 0.1) is 26.9 Å². The molecule has 2 amide bonds. The first-order chi connectivity index (χ1) is 21.0. The van der Waals surface area contributed by atoms with Crippen LogP contribution in [-0.2, 0) is 9.53 Å². The van der Waals surface area contributed by atoms with E-state index in [1.165, 1.54) is 0 Å². The van der Waals surface area contributed by atoms with Crippen LogP contribution in [0.1, 0.15) is 34.2 Å². The molecule has 0 bridgehead atoms. The molecule has 0 heterocycles. The first kappa shape index (κ1) is 29.5. The van der Waals surface area contributed by atoms with E-state index in [4.69, 9.17) is 24.1 Å². The van der Waals surface area contributed by atoms with Crippen molar-refractivity contribution in [3.63, 3.8) is 0 Å². The van der Waals surface area contributed by atoms with E-state index in [-0.39, 0.29) is 38.2 Å². The fraction of sp³-hybridized carbons (Fsp3) is 0.235. The van der Waals surface area contributed by atoms with Crippen LogP contribution in [0.4, 0.5) is 4.79 Å². The third kappa shape index (κ3) is 6.73. The second-order valence-electron chi connectivity index (χ2n) is 9.94. The van der Waals surface area contributed by atoms with E-state index < -0.39 is 12.1 Å². The number of aliphatic hydroxyl groups excluding tert-OH is 1. The second-order valence-corrected chi connectivity index (χ2v) is 9.94. The van der Waals surface area contributed by atoms with Crippen LogP contribution in [0.5, 0.6) is 17.2 Å². The minimum Gasteiger partial charge on any atom is -0.497 e. The lowest BCUT2D eigenvalue weighted by Crippen LogP contribution is -2.31. The van der Waals surface area contributed by atoms with E-state index in [2.05, 4.69) is 34.9 Å². The molecule has 5 rings (SSSR count). The van der Waals surface area contributed by atoms with E-state index in [1.54, 1.807) is 50.6 Å². The molecule has 4 aromatic carbocycles. The number of ether oxygens (including phenoxy) is 4. The van der Waals surface area contributed by atoms with E-state index in [9.17, 15) is 9.59 Å². The van der Waals surface area contributed by atoms with Gasteiger partial charge in [-0.2, -0.15) is 0 Å². The van der Waals surface area contributed by atoms with E-state index in [0.717, 1.165) is 27.8 Å². The predicted molar refractivity (Wildman–Crippen MR) is 162 cm³/mol. The number of hydrogen-bond donors (Lipinski definition) is 3. The third-order valence-electron chi connectivity index (χ3n) is 7.37. The average molecular weight is 583 g/mol. The number of alkyl carbamates (subject to hydrolysis) is 1. The Labute approximate surface area is 250 Å². The smallest absolute Gasteiger partial charge is 0.407 e. The van der Waals surface area contributed by atoms with Crippen molar-refractivity contribution in [3.8, 4) is 28.4 Å². The third-order valence-corrected chi connectivity index (χ3v) is 7.37. The van der Waals surface area contributed by atoms with Gasteiger partial charge in [0.2, 0.25) is 0 Å². The summed E-state index contributed by atoms with van der Waals surface area (Å²) >= 11 is 0. The molecule has 0 saturated carbocycles. The lowest BCUT2D eigenvalue weighted by molar-refractivity contribution is -0.123. The molecule has 1 aliphatic carbocycles. The van der Waals surface area contributed by atoms with Crippen LogP contribution in [0.15, 0.2) is 91.0 Å². The molecule has 0 aromatic heterocycles. The highest BCUT2D eigenvalue weighted by molar-refractivity contribution is 5.79. The number of benzene rings is 4. The Bertz CT molecular complexity index is 1530. The summed E-state index contributed by atoms with van der Waals surface area (Å²) in [5, 5.41) is 14.4. The summed E-state index contributed by atoms with van der Waals surface area (Å²) in [6, 6.07) is 28.2. The van der Waals surface area contributed by atoms with Gasteiger partial charge in [-0.05, 0) is 52.1 Å². The van der Waals surface area contributed by atoms with Crippen molar-refractivity contribution in [2.75, 3.05) is 40.6 Å². The van der Waals surface area contributed by atoms with Gasteiger partial charge in [0.15, 0.2) is 6.61 Å². The van der Waals surface area contributed by atoms with Gasteiger partial charge >= 0.3 is 6.09 Å². The fourth-order valence-corrected chi connectivity index (χ4v) is 5.31. The molecule has 0 saturated heterocycles. The monoisotopic (exact) mass is 582 g/mol. The number of rotatable bonds is 12. The van der Waals surface area contributed by atoms with Crippen LogP contribution in [0.3, 0.4) is 0 Å². The van der Waals surface area contributed by atoms with Gasteiger partial charge in [0.1, 0.15) is 23.9 Å². The van der Waals surface area contributed by atoms with E-state index in [0.29, 0.717) is 22.8 Å². The lowest BCUT2D eigenvalue weighted by Gasteiger charge is -2.23. The quantitative estimate of drug-likeness (QED) is 0.219. The Morgan fingerprint density at radius 2 is 1.49 bits per heavy atom. The van der Waals surface area contributed by atoms with Crippen LogP contribution >= 0.6 is 0 Å². The van der Waals surface area contributed by atoms with Crippen molar-refractivity contribution in [1.82, 2.24) is 10.6 Å². The average Bonchev–Trinajstić information content (AvgIpc) is 3.37. The maximum absolute atomic E-state index is 13.3. The molecule has 3 N–H and O–H groups in total. The minimum absolute atomic E-state index is 0.0712.